The lowest BCUT2D eigenvalue weighted by Gasteiger charge is -2.59. The van der Waals surface area contributed by atoms with Crippen LogP contribution in [0.1, 0.15) is 81.5 Å². The molecule has 0 radical (unpaired) electrons. The van der Waals surface area contributed by atoms with Crippen LogP contribution in [0.4, 0.5) is 0 Å². The molecule has 0 heterocycles. The standard InChI is InChI=1S/C26H35NO/c1-25-15-6-5-10-19(25)12-13-20-21(25)14-17-26(16-7-11-22(20)26)24(27)23(28)18-8-3-2-4-9-18/h2-4,8-10,20-22,24H,5-7,11-17,27H2,1H3/t20-,21+,22+,24?,25+,26-/m1/s1. The Hall–Kier alpha value is -1.41. The first kappa shape index (κ1) is 18.6. The van der Waals surface area contributed by atoms with Crippen LogP contribution in [0.3, 0.4) is 0 Å². The molecule has 5 rings (SSSR count). The van der Waals surface area contributed by atoms with E-state index < -0.39 is 0 Å². The molecule has 0 aliphatic heterocycles. The molecule has 0 bridgehead atoms. The Morgan fingerprint density at radius 3 is 2.68 bits per heavy atom. The van der Waals surface area contributed by atoms with Gasteiger partial charge in [-0.25, -0.2) is 0 Å². The molecule has 4 aliphatic rings. The van der Waals surface area contributed by atoms with Gasteiger partial charge in [0.05, 0.1) is 6.04 Å². The molecule has 0 saturated heterocycles. The molecule has 0 amide bonds. The molecule has 0 aromatic heterocycles. The van der Waals surface area contributed by atoms with Crippen molar-refractivity contribution in [2.75, 3.05) is 0 Å². The molecule has 1 aromatic rings. The molecule has 1 aromatic carbocycles. The number of Topliss-reactive ketones (excluding diaryl/α,β-unsaturated/α-hetero) is 1. The summed E-state index contributed by atoms with van der Waals surface area (Å²) in [4.78, 5) is 13.3. The SMILES string of the molecule is C[C@]12CCCC=C1CC[C@H]1[C@@H]3CCC[C@@]3(C(N)C(=O)c3ccccc3)CC[C@@H]12. The molecule has 6 atom stereocenters. The third-order valence-corrected chi connectivity index (χ3v) is 9.40. The van der Waals surface area contributed by atoms with Crippen molar-refractivity contribution in [3.8, 4) is 0 Å². The van der Waals surface area contributed by atoms with E-state index in [9.17, 15) is 4.79 Å². The lowest BCUT2D eigenvalue weighted by Crippen LogP contribution is -2.57. The second-order valence-corrected chi connectivity index (χ2v) is 10.3. The van der Waals surface area contributed by atoms with Gasteiger partial charge < -0.3 is 5.73 Å². The molecule has 1 unspecified atom stereocenters. The zero-order valence-electron chi connectivity index (χ0n) is 17.3. The number of ketones is 1. The Labute approximate surface area is 170 Å². The van der Waals surface area contributed by atoms with E-state index in [1.165, 1.54) is 51.4 Å². The van der Waals surface area contributed by atoms with Crippen LogP contribution in [0.5, 0.6) is 0 Å². The van der Waals surface area contributed by atoms with Crippen LogP contribution in [-0.2, 0) is 0 Å². The summed E-state index contributed by atoms with van der Waals surface area (Å²) >= 11 is 0. The van der Waals surface area contributed by atoms with Gasteiger partial charge in [-0.3, -0.25) is 4.79 Å². The van der Waals surface area contributed by atoms with Crippen molar-refractivity contribution in [3.63, 3.8) is 0 Å². The predicted octanol–water partition coefficient (Wildman–Crippen LogP) is 5.92. The van der Waals surface area contributed by atoms with Crippen LogP contribution in [0.15, 0.2) is 42.0 Å². The quantitative estimate of drug-likeness (QED) is 0.525. The zero-order chi connectivity index (χ0) is 19.4. The zero-order valence-corrected chi connectivity index (χ0v) is 17.3. The van der Waals surface area contributed by atoms with E-state index in [2.05, 4.69) is 13.0 Å². The van der Waals surface area contributed by atoms with Gasteiger partial charge in [0.1, 0.15) is 0 Å². The molecular formula is C26H35NO. The van der Waals surface area contributed by atoms with E-state index >= 15 is 0 Å². The van der Waals surface area contributed by atoms with E-state index in [4.69, 9.17) is 5.73 Å². The van der Waals surface area contributed by atoms with Crippen LogP contribution in [-0.4, -0.2) is 11.8 Å². The van der Waals surface area contributed by atoms with Crippen LogP contribution in [0.2, 0.25) is 0 Å². The fourth-order valence-electron chi connectivity index (χ4n) is 8.04. The Kier molecular flexibility index (Phi) is 4.54. The van der Waals surface area contributed by atoms with Gasteiger partial charge in [-0.15, -0.1) is 0 Å². The van der Waals surface area contributed by atoms with E-state index in [1.807, 2.05) is 30.3 Å². The minimum absolute atomic E-state index is 0.0420. The number of rotatable bonds is 3. The van der Waals surface area contributed by atoms with Crippen LogP contribution in [0, 0.1) is 28.6 Å². The first-order valence-corrected chi connectivity index (χ1v) is 11.6. The highest BCUT2D eigenvalue weighted by Gasteiger charge is 2.60. The molecule has 2 N–H and O–H groups in total. The molecule has 3 fully saturated rings. The fourth-order valence-corrected chi connectivity index (χ4v) is 8.04. The van der Waals surface area contributed by atoms with E-state index in [0.717, 1.165) is 30.2 Å². The van der Waals surface area contributed by atoms with Crippen molar-refractivity contribution >= 4 is 5.78 Å². The number of hydrogen-bond acceptors (Lipinski definition) is 2. The Morgan fingerprint density at radius 1 is 1.04 bits per heavy atom. The maximum Gasteiger partial charge on any atom is 0.180 e. The normalized spacial score (nSPS) is 40.6. The molecule has 2 nitrogen and oxygen atoms in total. The molecule has 3 saturated carbocycles. The van der Waals surface area contributed by atoms with Crippen molar-refractivity contribution in [1.82, 2.24) is 0 Å². The maximum absolute atomic E-state index is 13.3. The van der Waals surface area contributed by atoms with E-state index in [0.29, 0.717) is 11.3 Å². The molecule has 28 heavy (non-hydrogen) atoms. The van der Waals surface area contributed by atoms with Crippen molar-refractivity contribution < 1.29 is 4.79 Å². The highest BCUT2D eigenvalue weighted by molar-refractivity contribution is 6.00. The monoisotopic (exact) mass is 377 g/mol. The number of allylic oxidation sites excluding steroid dienone is 2. The summed E-state index contributed by atoms with van der Waals surface area (Å²) in [7, 11) is 0. The van der Waals surface area contributed by atoms with Gasteiger partial charge in [-0.2, -0.15) is 0 Å². The van der Waals surface area contributed by atoms with Crippen molar-refractivity contribution in [2.24, 2.45) is 34.3 Å². The first-order valence-electron chi connectivity index (χ1n) is 11.6. The minimum Gasteiger partial charge on any atom is -0.321 e. The summed E-state index contributed by atoms with van der Waals surface area (Å²) in [6.07, 6.45) is 15.3. The molecular weight excluding hydrogens is 342 g/mol. The topological polar surface area (TPSA) is 43.1 Å². The molecule has 2 heteroatoms. The van der Waals surface area contributed by atoms with Gasteiger partial charge in [0.2, 0.25) is 0 Å². The number of nitrogens with two attached hydrogens (primary N) is 1. The predicted molar refractivity (Wildman–Crippen MR) is 114 cm³/mol. The van der Waals surface area contributed by atoms with E-state index in [1.54, 1.807) is 5.57 Å². The van der Waals surface area contributed by atoms with Crippen LogP contribution >= 0.6 is 0 Å². The minimum atomic E-state index is -0.334. The van der Waals surface area contributed by atoms with Gasteiger partial charge in [0.15, 0.2) is 5.78 Å². The Bertz CT molecular complexity index is 783. The maximum atomic E-state index is 13.3. The van der Waals surface area contributed by atoms with Crippen LogP contribution in [0.25, 0.3) is 0 Å². The highest BCUT2D eigenvalue weighted by atomic mass is 16.1. The number of benzene rings is 1. The van der Waals surface area contributed by atoms with E-state index in [-0.39, 0.29) is 17.2 Å². The van der Waals surface area contributed by atoms with Gasteiger partial charge in [-0.05, 0) is 86.4 Å². The molecule has 150 valence electrons. The number of fused-ring (bicyclic) bond motifs is 5. The number of hydrogen-bond donors (Lipinski definition) is 1. The summed E-state index contributed by atoms with van der Waals surface area (Å²) in [6, 6.07) is 9.44. The van der Waals surface area contributed by atoms with Gasteiger partial charge in [0.25, 0.3) is 0 Å². The Morgan fingerprint density at radius 2 is 1.86 bits per heavy atom. The second-order valence-electron chi connectivity index (χ2n) is 10.3. The summed E-state index contributed by atoms with van der Waals surface area (Å²) in [5.74, 6) is 2.40. The third-order valence-electron chi connectivity index (χ3n) is 9.40. The smallest absolute Gasteiger partial charge is 0.180 e. The van der Waals surface area contributed by atoms with Gasteiger partial charge >= 0.3 is 0 Å². The van der Waals surface area contributed by atoms with Crippen molar-refractivity contribution in [3.05, 3.63) is 47.5 Å². The average molecular weight is 378 g/mol. The molecule has 0 spiro atoms. The lowest BCUT2D eigenvalue weighted by atomic mass is 9.46. The second kappa shape index (κ2) is 6.83. The summed E-state index contributed by atoms with van der Waals surface area (Å²) < 4.78 is 0. The third kappa shape index (κ3) is 2.60. The fraction of sp³-hybridized carbons (Fsp3) is 0.654. The largest absolute Gasteiger partial charge is 0.321 e. The summed E-state index contributed by atoms with van der Waals surface area (Å²) in [6.45, 7) is 2.56. The lowest BCUT2D eigenvalue weighted by molar-refractivity contribution is -0.0506. The molecule has 4 aliphatic carbocycles. The van der Waals surface area contributed by atoms with Gasteiger partial charge in [-0.1, -0.05) is 55.3 Å². The number of carbonyl (C=O) groups excluding carboxylic acids is 1. The summed E-state index contributed by atoms with van der Waals surface area (Å²) in [5.41, 5.74) is 9.84. The first-order chi connectivity index (χ1) is 13.6. The highest BCUT2D eigenvalue weighted by Crippen LogP contribution is 2.66. The Balaban J connectivity index is 1.46. The van der Waals surface area contributed by atoms with Crippen molar-refractivity contribution in [2.45, 2.75) is 77.2 Å². The average Bonchev–Trinajstić information content (AvgIpc) is 3.18. The van der Waals surface area contributed by atoms with Crippen molar-refractivity contribution in [1.29, 1.82) is 0 Å². The van der Waals surface area contributed by atoms with Crippen LogP contribution < -0.4 is 5.73 Å². The summed E-state index contributed by atoms with van der Waals surface area (Å²) in [5, 5.41) is 0. The number of carbonyl (C=O) groups is 1. The van der Waals surface area contributed by atoms with Gasteiger partial charge in [0, 0.05) is 5.56 Å².